The van der Waals surface area contributed by atoms with E-state index in [0.29, 0.717) is 12.3 Å². The number of hydrogen-bond acceptors (Lipinski definition) is 3. The first kappa shape index (κ1) is 6.39. The van der Waals surface area contributed by atoms with Crippen molar-refractivity contribution in [3.8, 4) is 0 Å². The molecule has 58 valence electrons. The van der Waals surface area contributed by atoms with Crippen molar-refractivity contribution in [2.75, 3.05) is 6.61 Å². The molecule has 0 amide bonds. The van der Waals surface area contributed by atoms with Gasteiger partial charge in [0.15, 0.2) is 0 Å². The minimum absolute atomic E-state index is 0.258. The second-order valence-corrected chi connectivity index (χ2v) is 2.51. The van der Waals surface area contributed by atoms with E-state index in [-0.39, 0.29) is 5.97 Å². The predicted molar refractivity (Wildman–Crippen MR) is 37.2 cm³/mol. The molecule has 0 atom stereocenters. The van der Waals surface area contributed by atoms with Crippen molar-refractivity contribution in [1.82, 2.24) is 9.55 Å². The van der Waals surface area contributed by atoms with Gasteiger partial charge in [0.1, 0.15) is 12.3 Å². The van der Waals surface area contributed by atoms with Crippen LogP contribution in [0.2, 0.25) is 0 Å². The third-order valence-electron chi connectivity index (χ3n) is 1.78. The van der Waals surface area contributed by atoms with Crippen molar-refractivity contribution < 1.29 is 9.53 Å². The summed E-state index contributed by atoms with van der Waals surface area (Å²) in [4.78, 5) is 15.1. The molecule has 0 radical (unpaired) electrons. The molecule has 4 nitrogen and oxygen atoms in total. The van der Waals surface area contributed by atoms with Gasteiger partial charge in [-0.05, 0) is 6.92 Å². The van der Waals surface area contributed by atoms with Gasteiger partial charge in [-0.2, -0.15) is 0 Å². The molecule has 0 bridgehead atoms. The highest BCUT2D eigenvalue weighted by Crippen LogP contribution is 2.11. The van der Waals surface area contributed by atoms with Gasteiger partial charge in [0, 0.05) is 0 Å². The summed E-state index contributed by atoms with van der Waals surface area (Å²) in [6.45, 7) is 2.99. The van der Waals surface area contributed by atoms with E-state index in [1.807, 2.05) is 4.57 Å². The van der Waals surface area contributed by atoms with Gasteiger partial charge in [0.25, 0.3) is 0 Å². The number of imidazole rings is 1. The van der Waals surface area contributed by atoms with E-state index < -0.39 is 0 Å². The zero-order valence-corrected chi connectivity index (χ0v) is 6.20. The van der Waals surface area contributed by atoms with Gasteiger partial charge >= 0.3 is 5.97 Å². The van der Waals surface area contributed by atoms with Gasteiger partial charge in [-0.3, -0.25) is 0 Å². The molecule has 0 fully saturated rings. The lowest BCUT2D eigenvalue weighted by molar-refractivity contribution is 0.0421. The fraction of sp³-hybridized carbons (Fsp3) is 0.429. The topological polar surface area (TPSA) is 44.1 Å². The number of nitrogens with zero attached hydrogens (tertiary/aromatic N) is 2. The molecule has 0 spiro atoms. The van der Waals surface area contributed by atoms with Crippen LogP contribution in [0.15, 0.2) is 6.33 Å². The molecule has 11 heavy (non-hydrogen) atoms. The average molecular weight is 152 g/mol. The Kier molecular flexibility index (Phi) is 1.21. The summed E-state index contributed by atoms with van der Waals surface area (Å²) < 4.78 is 6.66. The smallest absolute Gasteiger partial charge is 0.356 e. The van der Waals surface area contributed by atoms with Crippen LogP contribution in [0.25, 0.3) is 0 Å². The monoisotopic (exact) mass is 152 g/mol. The summed E-state index contributed by atoms with van der Waals surface area (Å²) in [5.74, 6) is -0.258. The maximum absolute atomic E-state index is 11.1. The standard InChI is InChI=1S/C7H8N2O2/c1-5-6-7(10)11-3-2-9(6)4-8-5/h4H,2-3H2,1H3. The van der Waals surface area contributed by atoms with Crippen LogP contribution in [-0.2, 0) is 11.3 Å². The van der Waals surface area contributed by atoms with Crippen molar-refractivity contribution in [3.63, 3.8) is 0 Å². The first-order valence-corrected chi connectivity index (χ1v) is 3.48. The fourth-order valence-electron chi connectivity index (χ4n) is 1.22. The number of fused-ring (bicyclic) bond motifs is 1. The van der Waals surface area contributed by atoms with Crippen LogP contribution < -0.4 is 0 Å². The fourth-order valence-corrected chi connectivity index (χ4v) is 1.22. The number of ether oxygens (including phenoxy) is 1. The maximum Gasteiger partial charge on any atom is 0.356 e. The molecule has 0 unspecified atom stereocenters. The van der Waals surface area contributed by atoms with E-state index >= 15 is 0 Å². The first-order chi connectivity index (χ1) is 5.29. The minimum atomic E-state index is -0.258. The molecule has 1 aliphatic rings. The van der Waals surface area contributed by atoms with E-state index in [2.05, 4.69) is 4.98 Å². The lowest BCUT2D eigenvalue weighted by atomic mass is 10.3. The molecule has 1 aromatic rings. The number of esters is 1. The summed E-state index contributed by atoms with van der Waals surface area (Å²) >= 11 is 0. The normalized spacial score (nSPS) is 15.9. The zero-order valence-electron chi connectivity index (χ0n) is 6.20. The van der Waals surface area contributed by atoms with Gasteiger partial charge in [-0.15, -0.1) is 0 Å². The van der Waals surface area contributed by atoms with Gasteiger partial charge < -0.3 is 9.30 Å². The Bertz CT molecular complexity index is 303. The lowest BCUT2D eigenvalue weighted by Gasteiger charge is -2.13. The molecule has 0 saturated heterocycles. The lowest BCUT2D eigenvalue weighted by Crippen LogP contribution is -2.22. The van der Waals surface area contributed by atoms with E-state index in [9.17, 15) is 4.79 Å². The second kappa shape index (κ2) is 2.08. The van der Waals surface area contributed by atoms with Crippen LogP contribution >= 0.6 is 0 Å². The molecular formula is C7H8N2O2. The van der Waals surface area contributed by atoms with Crippen LogP contribution in [0.3, 0.4) is 0 Å². The van der Waals surface area contributed by atoms with Crippen LogP contribution in [-0.4, -0.2) is 22.1 Å². The number of aromatic nitrogens is 2. The molecule has 1 aromatic heterocycles. The molecule has 0 N–H and O–H groups in total. The molecule has 0 saturated carbocycles. The minimum Gasteiger partial charge on any atom is -0.459 e. The van der Waals surface area contributed by atoms with Gasteiger partial charge in [-0.25, -0.2) is 9.78 Å². The summed E-state index contributed by atoms with van der Waals surface area (Å²) in [5, 5.41) is 0. The Morgan fingerprint density at radius 1 is 1.73 bits per heavy atom. The Labute approximate surface area is 63.8 Å². The van der Waals surface area contributed by atoms with E-state index in [1.165, 1.54) is 0 Å². The molecule has 0 aliphatic carbocycles. The SMILES string of the molecule is Cc1ncn2c1C(=O)OCC2. The Hall–Kier alpha value is -1.32. The second-order valence-electron chi connectivity index (χ2n) is 2.51. The molecule has 1 aliphatic heterocycles. The number of aryl methyl sites for hydroxylation is 1. The van der Waals surface area contributed by atoms with Crippen LogP contribution in [0.4, 0.5) is 0 Å². The molecule has 0 aromatic carbocycles. The summed E-state index contributed by atoms with van der Waals surface area (Å²) in [5.41, 5.74) is 1.34. The maximum atomic E-state index is 11.1. The molecule has 4 heteroatoms. The zero-order chi connectivity index (χ0) is 7.84. The number of carbonyl (C=O) groups is 1. The predicted octanol–water partition coefficient (Wildman–Crippen LogP) is 0.362. The van der Waals surface area contributed by atoms with E-state index in [1.54, 1.807) is 13.3 Å². The average Bonchev–Trinajstić information content (AvgIpc) is 2.34. The number of rotatable bonds is 0. The highest BCUT2D eigenvalue weighted by atomic mass is 16.5. The summed E-state index contributed by atoms with van der Waals surface area (Å²) in [6.07, 6.45) is 1.67. The summed E-state index contributed by atoms with van der Waals surface area (Å²) in [6, 6.07) is 0. The Morgan fingerprint density at radius 3 is 3.27 bits per heavy atom. The number of cyclic esters (lactones) is 1. The third kappa shape index (κ3) is 0.824. The Morgan fingerprint density at radius 2 is 2.55 bits per heavy atom. The largest absolute Gasteiger partial charge is 0.459 e. The highest BCUT2D eigenvalue weighted by Gasteiger charge is 2.21. The van der Waals surface area contributed by atoms with Crippen molar-refractivity contribution in [2.24, 2.45) is 0 Å². The van der Waals surface area contributed by atoms with Crippen molar-refractivity contribution in [1.29, 1.82) is 0 Å². The van der Waals surface area contributed by atoms with Gasteiger partial charge in [-0.1, -0.05) is 0 Å². The van der Waals surface area contributed by atoms with Gasteiger partial charge in [0.05, 0.1) is 18.6 Å². The third-order valence-corrected chi connectivity index (χ3v) is 1.78. The van der Waals surface area contributed by atoms with Crippen LogP contribution in [0.5, 0.6) is 0 Å². The van der Waals surface area contributed by atoms with Crippen LogP contribution in [0.1, 0.15) is 16.2 Å². The van der Waals surface area contributed by atoms with E-state index in [4.69, 9.17) is 4.74 Å². The number of hydrogen-bond donors (Lipinski definition) is 0. The van der Waals surface area contributed by atoms with Crippen LogP contribution in [0, 0.1) is 6.92 Å². The van der Waals surface area contributed by atoms with Crippen molar-refractivity contribution >= 4 is 5.97 Å². The van der Waals surface area contributed by atoms with Crippen molar-refractivity contribution in [2.45, 2.75) is 13.5 Å². The molecular weight excluding hydrogens is 144 g/mol. The number of carbonyl (C=O) groups excluding carboxylic acids is 1. The molecule has 2 rings (SSSR count). The van der Waals surface area contributed by atoms with Crippen molar-refractivity contribution in [3.05, 3.63) is 17.7 Å². The van der Waals surface area contributed by atoms with E-state index in [0.717, 1.165) is 12.2 Å². The Balaban J connectivity index is 2.56. The first-order valence-electron chi connectivity index (χ1n) is 3.48. The quantitative estimate of drug-likeness (QED) is 0.504. The van der Waals surface area contributed by atoms with Gasteiger partial charge in [0.2, 0.25) is 0 Å². The molecule has 2 heterocycles. The summed E-state index contributed by atoms with van der Waals surface area (Å²) in [7, 11) is 0. The highest BCUT2D eigenvalue weighted by molar-refractivity contribution is 5.89.